The molecule has 19 heavy (non-hydrogen) atoms. The van der Waals surface area contributed by atoms with Gasteiger partial charge in [-0.1, -0.05) is 0 Å². The lowest BCUT2D eigenvalue weighted by Crippen LogP contribution is -2.24. The maximum Gasteiger partial charge on any atom is 0.327 e. The normalized spacial score (nSPS) is 17.9. The predicted octanol–water partition coefficient (Wildman–Crippen LogP) is -0.869. The molecule has 8 heteroatoms. The molecule has 0 radical (unpaired) electrons. The highest BCUT2D eigenvalue weighted by atomic mass is 16.5. The summed E-state index contributed by atoms with van der Waals surface area (Å²) in [5.74, 6) is -1.15. The second kappa shape index (κ2) is 5.51. The van der Waals surface area contributed by atoms with Gasteiger partial charge in [-0.2, -0.15) is 5.10 Å². The monoisotopic (exact) mass is 266 g/mol. The van der Waals surface area contributed by atoms with E-state index in [4.69, 9.17) is 0 Å². The Bertz CT molecular complexity index is 511. The molecule has 8 nitrogen and oxygen atoms in total. The fraction of sp³-hybridized carbons (Fsp3) is 0.455. The minimum Gasteiger partial charge on any atom is -0.468 e. The number of esters is 1. The first-order valence-corrected chi connectivity index (χ1v) is 5.75. The lowest BCUT2D eigenvalue weighted by molar-refractivity contribution is -0.141. The van der Waals surface area contributed by atoms with E-state index in [1.807, 2.05) is 0 Å². The van der Waals surface area contributed by atoms with Crippen molar-refractivity contribution in [2.24, 2.45) is 5.92 Å². The molecule has 0 saturated carbocycles. The molecule has 2 N–H and O–H groups in total. The maximum atomic E-state index is 11.8. The Hall–Kier alpha value is -2.38. The molecule has 2 rings (SSSR count). The third kappa shape index (κ3) is 3.30. The van der Waals surface area contributed by atoms with E-state index in [1.54, 1.807) is 0 Å². The Labute approximate surface area is 109 Å². The highest BCUT2D eigenvalue weighted by Gasteiger charge is 2.28. The summed E-state index contributed by atoms with van der Waals surface area (Å²) in [5, 5.41) is 9.16. The largest absolute Gasteiger partial charge is 0.468 e. The summed E-state index contributed by atoms with van der Waals surface area (Å²) in [6.45, 7) is 0.330. The van der Waals surface area contributed by atoms with Crippen molar-refractivity contribution in [1.29, 1.82) is 0 Å². The molecule has 1 saturated heterocycles. The Kier molecular flexibility index (Phi) is 3.79. The summed E-state index contributed by atoms with van der Waals surface area (Å²) in [4.78, 5) is 33.9. The van der Waals surface area contributed by atoms with Crippen LogP contribution in [0, 0.1) is 5.92 Å². The summed E-state index contributed by atoms with van der Waals surface area (Å²) < 4.78 is 5.87. The quantitative estimate of drug-likeness (QED) is 0.690. The zero-order valence-corrected chi connectivity index (χ0v) is 10.4. The van der Waals surface area contributed by atoms with Crippen molar-refractivity contribution in [3.05, 3.63) is 12.4 Å². The van der Waals surface area contributed by atoms with E-state index in [0.717, 1.165) is 0 Å². The minimum absolute atomic E-state index is 0.0180. The third-order valence-corrected chi connectivity index (χ3v) is 2.77. The van der Waals surface area contributed by atoms with Gasteiger partial charge in [0.1, 0.15) is 6.54 Å². The lowest BCUT2D eigenvalue weighted by atomic mass is 10.1. The number of ether oxygens (including phenoxy) is 1. The molecule has 1 fully saturated rings. The van der Waals surface area contributed by atoms with Gasteiger partial charge < -0.3 is 15.4 Å². The molecule has 1 aromatic heterocycles. The van der Waals surface area contributed by atoms with Crippen LogP contribution in [0.25, 0.3) is 0 Å². The first kappa shape index (κ1) is 13.1. The third-order valence-electron chi connectivity index (χ3n) is 2.77. The number of amides is 2. The van der Waals surface area contributed by atoms with Crippen LogP contribution in [0.1, 0.15) is 6.42 Å². The van der Waals surface area contributed by atoms with Crippen molar-refractivity contribution in [3.63, 3.8) is 0 Å². The maximum absolute atomic E-state index is 11.8. The minimum atomic E-state index is -0.424. The smallest absolute Gasteiger partial charge is 0.327 e. The SMILES string of the molecule is COC(=O)Cn1cc(NC(=O)C2CNC(=O)C2)cn1. The van der Waals surface area contributed by atoms with Crippen molar-refractivity contribution < 1.29 is 19.1 Å². The molecule has 0 aliphatic carbocycles. The van der Waals surface area contributed by atoms with Gasteiger partial charge in [-0.3, -0.25) is 19.1 Å². The molecule has 1 aliphatic heterocycles. The molecule has 0 bridgehead atoms. The summed E-state index contributed by atoms with van der Waals surface area (Å²) in [6, 6.07) is 0. The van der Waals surface area contributed by atoms with Crippen molar-refractivity contribution in [2.45, 2.75) is 13.0 Å². The molecule has 1 aliphatic rings. The first-order valence-electron chi connectivity index (χ1n) is 5.75. The number of carbonyl (C=O) groups is 3. The van der Waals surface area contributed by atoms with Crippen molar-refractivity contribution in [2.75, 3.05) is 19.0 Å². The van der Waals surface area contributed by atoms with Crippen molar-refractivity contribution >= 4 is 23.5 Å². The van der Waals surface area contributed by atoms with Crippen LogP contribution >= 0.6 is 0 Å². The molecular formula is C11H14N4O4. The van der Waals surface area contributed by atoms with Gasteiger partial charge in [-0.15, -0.1) is 0 Å². The molecule has 1 unspecified atom stereocenters. The van der Waals surface area contributed by atoms with Crippen LogP contribution in [0.5, 0.6) is 0 Å². The standard InChI is InChI=1S/C11H14N4O4/c1-19-10(17)6-15-5-8(4-13-15)14-11(18)7-2-9(16)12-3-7/h4-5,7H,2-3,6H2,1H3,(H,12,16)(H,14,18). The summed E-state index contributed by atoms with van der Waals surface area (Å²) in [6.07, 6.45) is 3.16. The number of aromatic nitrogens is 2. The Morgan fingerprint density at radius 1 is 1.63 bits per heavy atom. The number of nitrogens with one attached hydrogen (secondary N) is 2. The molecule has 1 atom stereocenters. The van der Waals surface area contributed by atoms with Crippen molar-refractivity contribution in [1.82, 2.24) is 15.1 Å². The molecule has 0 aromatic carbocycles. The van der Waals surface area contributed by atoms with E-state index in [2.05, 4.69) is 20.5 Å². The average Bonchev–Trinajstić information content (AvgIpc) is 2.98. The molecule has 2 amide bonds. The second-order valence-electron chi connectivity index (χ2n) is 4.20. The number of methoxy groups -OCH3 is 1. The van der Waals surface area contributed by atoms with Gasteiger partial charge in [0.25, 0.3) is 0 Å². The Morgan fingerprint density at radius 2 is 2.42 bits per heavy atom. The van der Waals surface area contributed by atoms with Crippen LogP contribution in [0.15, 0.2) is 12.4 Å². The molecule has 102 valence electrons. The number of carbonyl (C=O) groups excluding carboxylic acids is 3. The fourth-order valence-corrected chi connectivity index (χ4v) is 1.75. The van der Waals surface area contributed by atoms with E-state index in [1.165, 1.54) is 24.2 Å². The molecule has 2 heterocycles. The van der Waals surface area contributed by atoms with Gasteiger partial charge in [0.2, 0.25) is 11.8 Å². The van der Waals surface area contributed by atoms with Gasteiger partial charge in [0.05, 0.1) is 24.9 Å². The number of anilines is 1. The topological polar surface area (TPSA) is 102 Å². The van der Waals surface area contributed by atoms with Gasteiger partial charge in [-0.25, -0.2) is 0 Å². The van der Waals surface area contributed by atoms with E-state index in [9.17, 15) is 14.4 Å². The Morgan fingerprint density at radius 3 is 3.05 bits per heavy atom. The zero-order chi connectivity index (χ0) is 13.8. The molecule has 0 spiro atoms. The number of hydrogen-bond donors (Lipinski definition) is 2. The highest BCUT2D eigenvalue weighted by molar-refractivity contribution is 5.97. The lowest BCUT2D eigenvalue weighted by Gasteiger charge is -2.06. The summed E-state index contributed by atoms with van der Waals surface area (Å²) in [7, 11) is 1.29. The van der Waals surface area contributed by atoms with Gasteiger partial charge in [-0.05, 0) is 0 Å². The zero-order valence-electron chi connectivity index (χ0n) is 10.4. The summed E-state index contributed by atoms with van der Waals surface area (Å²) >= 11 is 0. The van der Waals surface area contributed by atoms with Gasteiger partial charge in [0.15, 0.2) is 0 Å². The van der Waals surface area contributed by atoms with E-state index in [-0.39, 0.29) is 30.7 Å². The van der Waals surface area contributed by atoms with Crippen LogP contribution in [-0.4, -0.2) is 41.2 Å². The molecule has 1 aromatic rings. The second-order valence-corrected chi connectivity index (χ2v) is 4.20. The van der Waals surface area contributed by atoms with Crippen LogP contribution in [0.4, 0.5) is 5.69 Å². The van der Waals surface area contributed by atoms with E-state index < -0.39 is 5.97 Å². The van der Waals surface area contributed by atoms with E-state index >= 15 is 0 Å². The number of rotatable bonds is 4. The van der Waals surface area contributed by atoms with E-state index in [0.29, 0.717) is 12.2 Å². The average molecular weight is 266 g/mol. The van der Waals surface area contributed by atoms with Crippen molar-refractivity contribution in [3.8, 4) is 0 Å². The highest BCUT2D eigenvalue weighted by Crippen LogP contribution is 2.13. The summed E-state index contributed by atoms with van der Waals surface area (Å²) in [5.41, 5.74) is 0.480. The fourth-order valence-electron chi connectivity index (χ4n) is 1.75. The van der Waals surface area contributed by atoms with Crippen LogP contribution in [0.3, 0.4) is 0 Å². The van der Waals surface area contributed by atoms with Gasteiger partial charge >= 0.3 is 5.97 Å². The molecular weight excluding hydrogens is 252 g/mol. The number of hydrogen-bond acceptors (Lipinski definition) is 5. The van der Waals surface area contributed by atoms with Crippen LogP contribution < -0.4 is 10.6 Å². The first-order chi connectivity index (χ1) is 9.08. The van der Waals surface area contributed by atoms with Crippen LogP contribution in [0.2, 0.25) is 0 Å². The van der Waals surface area contributed by atoms with Gasteiger partial charge in [0, 0.05) is 19.2 Å². The Balaban J connectivity index is 1.90. The van der Waals surface area contributed by atoms with Crippen LogP contribution in [-0.2, 0) is 25.7 Å². The predicted molar refractivity (Wildman–Crippen MR) is 64.0 cm³/mol. The number of nitrogens with zero attached hydrogens (tertiary/aromatic N) is 2.